The fourth-order valence-corrected chi connectivity index (χ4v) is 4.73. The van der Waals surface area contributed by atoms with Gasteiger partial charge >= 0.3 is 6.09 Å². The number of H-pyrrole nitrogens is 1. The maximum Gasteiger partial charge on any atom is 0.407 e. The van der Waals surface area contributed by atoms with Crippen LogP contribution in [0.1, 0.15) is 52.5 Å². The minimum absolute atomic E-state index is 0.000865. The number of hydrogen-bond donors (Lipinski definition) is 3. The van der Waals surface area contributed by atoms with Gasteiger partial charge in [0.1, 0.15) is 22.6 Å². The van der Waals surface area contributed by atoms with Crippen LogP contribution < -0.4 is 21.3 Å². The van der Waals surface area contributed by atoms with Crippen molar-refractivity contribution in [3.8, 4) is 22.9 Å². The molecule has 5 rings (SSSR count). The number of carbonyl (C=O) groups excluding carboxylic acids is 1. The van der Waals surface area contributed by atoms with Crippen molar-refractivity contribution >= 4 is 22.8 Å². The van der Waals surface area contributed by atoms with Crippen LogP contribution in [-0.4, -0.2) is 42.7 Å². The minimum atomic E-state index is -0.552. The normalized spacial score (nSPS) is 17.8. The van der Waals surface area contributed by atoms with Gasteiger partial charge in [0.15, 0.2) is 5.82 Å². The summed E-state index contributed by atoms with van der Waals surface area (Å²) in [6.07, 6.45) is 4.18. The molecule has 0 unspecified atom stereocenters. The Morgan fingerprint density at radius 3 is 2.50 bits per heavy atom. The number of fused-ring (bicyclic) bond motifs is 1. The predicted molar refractivity (Wildman–Crippen MR) is 143 cm³/mol. The molecule has 11 heteroatoms. The molecule has 0 saturated heterocycles. The van der Waals surface area contributed by atoms with E-state index in [1.54, 1.807) is 16.9 Å². The fraction of sp³-hybridized carbons (Fsp3) is 0.370. The van der Waals surface area contributed by atoms with Crippen molar-refractivity contribution in [1.82, 2.24) is 30.3 Å². The molecule has 11 nitrogen and oxygen atoms in total. The van der Waals surface area contributed by atoms with Crippen molar-refractivity contribution in [2.24, 2.45) is 0 Å². The third kappa shape index (κ3) is 5.46. The standard InChI is InChI=1S/C27H31N7O4/c1-27(2,3)38-26(36)30-17-9-11-18(12-10-17)34-23-21(24(28)31-32-25(23)35)22(33-34)16-7-13-19(14-8-16)37-20-6-4-5-15-29-20/h4-8,13-15,17-18H,9-12H2,1-3H3,(H2,28,31)(H,30,36)(H,32,35). The second-order valence-electron chi connectivity index (χ2n) is 10.4. The van der Waals surface area contributed by atoms with Crippen LogP contribution in [0.2, 0.25) is 0 Å². The highest BCUT2D eigenvalue weighted by Gasteiger charge is 2.29. The van der Waals surface area contributed by atoms with Crippen molar-refractivity contribution in [2.75, 3.05) is 5.73 Å². The highest BCUT2D eigenvalue weighted by molar-refractivity contribution is 5.99. The Hall–Kier alpha value is -4.41. The summed E-state index contributed by atoms with van der Waals surface area (Å²) < 4.78 is 12.9. The summed E-state index contributed by atoms with van der Waals surface area (Å²) in [4.78, 5) is 29.3. The zero-order valence-electron chi connectivity index (χ0n) is 21.6. The molecule has 1 aliphatic rings. The lowest BCUT2D eigenvalue weighted by molar-refractivity contribution is 0.0487. The van der Waals surface area contributed by atoms with Crippen LogP contribution in [0.15, 0.2) is 53.5 Å². The van der Waals surface area contributed by atoms with E-state index >= 15 is 0 Å². The maximum absolute atomic E-state index is 12.9. The van der Waals surface area contributed by atoms with Crippen molar-refractivity contribution in [2.45, 2.75) is 64.1 Å². The Balaban J connectivity index is 1.39. The molecule has 3 heterocycles. The monoisotopic (exact) mass is 517 g/mol. The molecule has 198 valence electrons. The first-order valence-electron chi connectivity index (χ1n) is 12.6. The Kier molecular flexibility index (Phi) is 6.75. The van der Waals surface area contributed by atoms with Crippen molar-refractivity contribution in [3.63, 3.8) is 0 Å². The number of benzene rings is 1. The minimum Gasteiger partial charge on any atom is -0.444 e. The van der Waals surface area contributed by atoms with Gasteiger partial charge in [-0.2, -0.15) is 10.2 Å². The van der Waals surface area contributed by atoms with Crippen LogP contribution in [-0.2, 0) is 4.74 Å². The Labute approximate surface area is 219 Å². The summed E-state index contributed by atoms with van der Waals surface area (Å²) in [6.45, 7) is 5.51. The number of aromatic nitrogens is 5. The summed E-state index contributed by atoms with van der Waals surface area (Å²) in [5, 5.41) is 14.8. The molecule has 1 saturated carbocycles. The Morgan fingerprint density at radius 1 is 1.11 bits per heavy atom. The number of aromatic amines is 1. The lowest BCUT2D eigenvalue weighted by Gasteiger charge is -2.30. The fourth-order valence-electron chi connectivity index (χ4n) is 4.73. The van der Waals surface area contributed by atoms with Gasteiger partial charge in [0.25, 0.3) is 5.56 Å². The average Bonchev–Trinajstić information content (AvgIpc) is 3.29. The van der Waals surface area contributed by atoms with Crippen LogP contribution in [0, 0.1) is 0 Å². The number of anilines is 1. The van der Waals surface area contributed by atoms with E-state index in [9.17, 15) is 9.59 Å². The molecule has 0 spiro atoms. The van der Waals surface area contributed by atoms with Crippen LogP contribution in [0.4, 0.5) is 10.6 Å². The number of pyridine rings is 1. The molecule has 0 aliphatic heterocycles. The van der Waals surface area contributed by atoms with Gasteiger partial charge in [-0.25, -0.2) is 14.9 Å². The molecule has 1 fully saturated rings. The van der Waals surface area contributed by atoms with E-state index in [-0.39, 0.29) is 23.5 Å². The van der Waals surface area contributed by atoms with E-state index in [2.05, 4.69) is 20.5 Å². The summed E-state index contributed by atoms with van der Waals surface area (Å²) >= 11 is 0. The van der Waals surface area contributed by atoms with E-state index in [1.165, 1.54) is 0 Å². The summed E-state index contributed by atoms with van der Waals surface area (Å²) in [6, 6.07) is 12.8. The molecule has 0 atom stereocenters. The molecule has 4 aromatic rings. The number of nitrogen functional groups attached to an aromatic ring is 1. The topological polar surface area (TPSA) is 150 Å². The molecule has 0 bridgehead atoms. The molecule has 1 amide bonds. The van der Waals surface area contributed by atoms with Crippen molar-refractivity contribution in [3.05, 3.63) is 59.0 Å². The van der Waals surface area contributed by atoms with Gasteiger partial charge in [0, 0.05) is 23.9 Å². The van der Waals surface area contributed by atoms with E-state index in [0.717, 1.165) is 31.2 Å². The van der Waals surface area contributed by atoms with Gasteiger partial charge in [-0.1, -0.05) is 6.07 Å². The summed E-state index contributed by atoms with van der Waals surface area (Å²) in [5.41, 5.74) is 7.09. The number of alkyl carbamates (subject to hydrolysis) is 1. The van der Waals surface area contributed by atoms with Gasteiger partial charge in [0.05, 0.1) is 11.4 Å². The predicted octanol–water partition coefficient (Wildman–Crippen LogP) is 4.56. The smallest absolute Gasteiger partial charge is 0.407 e. The molecule has 0 radical (unpaired) electrons. The first-order chi connectivity index (χ1) is 18.2. The van der Waals surface area contributed by atoms with Crippen LogP contribution in [0.5, 0.6) is 11.6 Å². The van der Waals surface area contributed by atoms with E-state index < -0.39 is 11.7 Å². The first-order valence-corrected chi connectivity index (χ1v) is 12.6. The van der Waals surface area contributed by atoms with Gasteiger partial charge in [-0.05, 0) is 76.8 Å². The van der Waals surface area contributed by atoms with E-state index in [1.807, 2.05) is 57.2 Å². The van der Waals surface area contributed by atoms with E-state index in [4.69, 9.17) is 20.3 Å². The lowest BCUT2D eigenvalue weighted by Crippen LogP contribution is -2.41. The van der Waals surface area contributed by atoms with Gasteiger partial charge in [-0.15, -0.1) is 0 Å². The number of nitrogens with one attached hydrogen (secondary N) is 2. The third-order valence-electron chi connectivity index (χ3n) is 6.41. The number of ether oxygens (including phenoxy) is 2. The number of nitrogens with two attached hydrogens (primary N) is 1. The molecule has 4 N–H and O–H groups in total. The highest BCUT2D eigenvalue weighted by atomic mass is 16.6. The molecular formula is C27H31N7O4. The van der Waals surface area contributed by atoms with Crippen LogP contribution in [0.3, 0.4) is 0 Å². The van der Waals surface area contributed by atoms with Gasteiger partial charge in [0.2, 0.25) is 5.88 Å². The number of amides is 1. The molecular weight excluding hydrogens is 486 g/mol. The second kappa shape index (κ2) is 10.2. The Morgan fingerprint density at radius 2 is 1.84 bits per heavy atom. The largest absolute Gasteiger partial charge is 0.444 e. The maximum atomic E-state index is 12.9. The first kappa shape index (κ1) is 25.2. The number of rotatable bonds is 5. The van der Waals surface area contributed by atoms with Crippen molar-refractivity contribution in [1.29, 1.82) is 0 Å². The number of hydrogen-bond acceptors (Lipinski definition) is 8. The molecule has 1 aromatic carbocycles. The van der Waals surface area contributed by atoms with Crippen molar-refractivity contribution < 1.29 is 14.3 Å². The molecule has 3 aromatic heterocycles. The van der Waals surface area contributed by atoms with E-state index in [0.29, 0.717) is 28.2 Å². The Bertz CT molecular complexity index is 1480. The SMILES string of the molecule is CC(C)(C)OC(=O)NC1CCC(n2nc(-c3ccc(Oc4ccccn4)cc3)c3c(N)n[nH]c(=O)c32)CC1. The third-order valence-corrected chi connectivity index (χ3v) is 6.41. The lowest BCUT2D eigenvalue weighted by atomic mass is 9.91. The second-order valence-corrected chi connectivity index (χ2v) is 10.4. The number of carbonyl (C=O) groups is 1. The highest BCUT2D eigenvalue weighted by Crippen LogP contribution is 2.36. The molecule has 38 heavy (non-hydrogen) atoms. The zero-order valence-corrected chi connectivity index (χ0v) is 21.6. The quantitative estimate of drug-likeness (QED) is 0.348. The van der Waals surface area contributed by atoms with Crippen LogP contribution >= 0.6 is 0 Å². The molecule has 1 aliphatic carbocycles. The van der Waals surface area contributed by atoms with Crippen LogP contribution in [0.25, 0.3) is 22.2 Å². The average molecular weight is 518 g/mol. The number of nitrogens with zero attached hydrogens (tertiary/aromatic N) is 4. The summed E-state index contributed by atoms with van der Waals surface area (Å²) in [5.74, 6) is 1.32. The van der Waals surface area contributed by atoms with Gasteiger partial charge < -0.3 is 20.5 Å². The zero-order chi connectivity index (χ0) is 26.9. The summed E-state index contributed by atoms with van der Waals surface area (Å²) in [7, 11) is 0. The van der Waals surface area contributed by atoms with Gasteiger partial charge in [-0.3, -0.25) is 9.48 Å².